The van der Waals surface area contributed by atoms with Crippen LogP contribution < -0.4 is 5.32 Å². The second-order valence-corrected chi connectivity index (χ2v) is 8.71. The van der Waals surface area contributed by atoms with Crippen molar-refractivity contribution in [2.75, 3.05) is 18.4 Å². The number of carbonyl (C=O) groups is 1. The lowest BCUT2D eigenvalue weighted by Gasteiger charge is -2.30. The van der Waals surface area contributed by atoms with Gasteiger partial charge in [0.25, 0.3) is 5.91 Å². The average Bonchev–Trinajstić information content (AvgIpc) is 3.05. The number of likely N-dealkylation sites (tertiary alicyclic amines) is 1. The quantitative estimate of drug-likeness (QED) is 0.635. The van der Waals surface area contributed by atoms with Gasteiger partial charge in [0.05, 0.1) is 10.2 Å². The van der Waals surface area contributed by atoms with Gasteiger partial charge in [0, 0.05) is 17.1 Å². The minimum absolute atomic E-state index is 0.173. The minimum Gasteiger partial charge on any atom is -0.299 e. The Morgan fingerprint density at radius 1 is 1.22 bits per heavy atom. The Bertz CT molecular complexity index is 946. The molecule has 1 saturated heterocycles. The summed E-state index contributed by atoms with van der Waals surface area (Å²) < 4.78 is 1.10. The van der Waals surface area contributed by atoms with E-state index in [0.29, 0.717) is 15.7 Å². The molecule has 3 aromatic rings. The standard InChI is InChI=1S/C21H22ClN3OS/c1-14-8-10-25(11-9-14)13-15-2-7-18-19(12-15)27-21(23-18)24-20(26)16-3-5-17(22)6-4-16/h2-7,12,14H,8-11,13H2,1H3,(H,23,24,26). The lowest BCUT2D eigenvalue weighted by Crippen LogP contribution is -2.32. The van der Waals surface area contributed by atoms with Crippen molar-refractivity contribution in [3.8, 4) is 0 Å². The molecule has 1 fully saturated rings. The molecule has 2 aromatic carbocycles. The van der Waals surface area contributed by atoms with Gasteiger partial charge >= 0.3 is 0 Å². The molecule has 0 atom stereocenters. The van der Waals surface area contributed by atoms with Gasteiger partial charge in [0.2, 0.25) is 0 Å². The number of hydrogen-bond donors (Lipinski definition) is 1. The normalized spacial score (nSPS) is 15.9. The van der Waals surface area contributed by atoms with Gasteiger partial charge in [0.15, 0.2) is 5.13 Å². The van der Waals surface area contributed by atoms with Crippen LogP contribution in [0, 0.1) is 5.92 Å². The molecular weight excluding hydrogens is 378 g/mol. The molecule has 1 aromatic heterocycles. The van der Waals surface area contributed by atoms with Crippen LogP contribution in [0.2, 0.25) is 5.02 Å². The van der Waals surface area contributed by atoms with Crippen LogP contribution in [0.1, 0.15) is 35.7 Å². The summed E-state index contributed by atoms with van der Waals surface area (Å²) in [5, 5.41) is 4.12. The van der Waals surface area contributed by atoms with Gasteiger partial charge in [0.1, 0.15) is 0 Å². The maximum atomic E-state index is 12.4. The highest BCUT2D eigenvalue weighted by atomic mass is 35.5. The smallest absolute Gasteiger partial charge is 0.257 e. The highest BCUT2D eigenvalue weighted by Gasteiger charge is 2.16. The number of aromatic nitrogens is 1. The summed E-state index contributed by atoms with van der Waals surface area (Å²) in [5.41, 5.74) is 2.79. The SMILES string of the molecule is CC1CCN(Cc2ccc3nc(NC(=O)c4ccc(Cl)cc4)sc3c2)CC1. The third kappa shape index (κ3) is 4.49. The maximum Gasteiger partial charge on any atom is 0.257 e. The van der Waals surface area contributed by atoms with E-state index >= 15 is 0 Å². The summed E-state index contributed by atoms with van der Waals surface area (Å²) in [6.45, 7) is 5.65. The maximum absolute atomic E-state index is 12.4. The number of thiazole rings is 1. The Kier molecular flexibility index (Phi) is 5.43. The first-order chi connectivity index (χ1) is 13.1. The number of nitrogens with one attached hydrogen (secondary N) is 1. The average molecular weight is 400 g/mol. The van der Waals surface area contributed by atoms with E-state index in [1.165, 1.54) is 42.8 Å². The molecule has 0 spiro atoms. The molecule has 0 bridgehead atoms. The number of rotatable bonds is 4. The molecule has 27 heavy (non-hydrogen) atoms. The molecule has 1 aliphatic heterocycles. The van der Waals surface area contributed by atoms with E-state index in [2.05, 4.69) is 34.3 Å². The van der Waals surface area contributed by atoms with Crippen LogP contribution in [0.3, 0.4) is 0 Å². The van der Waals surface area contributed by atoms with Gasteiger partial charge in [-0.1, -0.05) is 35.9 Å². The van der Waals surface area contributed by atoms with Crippen molar-refractivity contribution in [3.05, 3.63) is 58.6 Å². The molecule has 4 rings (SSSR count). The second-order valence-electron chi connectivity index (χ2n) is 7.24. The zero-order valence-corrected chi connectivity index (χ0v) is 16.8. The Morgan fingerprint density at radius 2 is 1.96 bits per heavy atom. The van der Waals surface area contributed by atoms with Gasteiger partial charge in [-0.3, -0.25) is 15.0 Å². The van der Waals surface area contributed by atoms with Gasteiger partial charge in [-0.25, -0.2) is 4.98 Å². The predicted octanol–water partition coefficient (Wildman–Crippen LogP) is 5.43. The molecule has 0 radical (unpaired) electrons. The lowest BCUT2D eigenvalue weighted by atomic mass is 9.99. The summed E-state index contributed by atoms with van der Waals surface area (Å²) in [5.74, 6) is 0.672. The number of benzene rings is 2. The van der Waals surface area contributed by atoms with Crippen LogP contribution in [-0.4, -0.2) is 28.9 Å². The highest BCUT2D eigenvalue weighted by Crippen LogP contribution is 2.28. The number of nitrogens with zero attached hydrogens (tertiary/aromatic N) is 2. The van der Waals surface area contributed by atoms with Crippen molar-refractivity contribution in [3.63, 3.8) is 0 Å². The van der Waals surface area contributed by atoms with E-state index in [9.17, 15) is 4.79 Å². The largest absolute Gasteiger partial charge is 0.299 e. The monoisotopic (exact) mass is 399 g/mol. The number of halogens is 1. The molecular formula is C21H22ClN3OS. The summed E-state index contributed by atoms with van der Waals surface area (Å²) in [7, 11) is 0. The van der Waals surface area contributed by atoms with Crippen LogP contribution in [0.15, 0.2) is 42.5 Å². The fraction of sp³-hybridized carbons (Fsp3) is 0.333. The van der Waals surface area contributed by atoms with E-state index in [-0.39, 0.29) is 5.91 Å². The molecule has 1 amide bonds. The molecule has 4 nitrogen and oxygen atoms in total. The first-order valence-electron chi connectivity index (χ1n) is 9.25. The molecule has 0 aliphatic carbocycles. The fourth-order valence-corrected chi connectivity index (χ4v) is 4.42. The molecule has 0 saturated carbocycles. The Hall–Kier alpha value is -1.95. The van der Waals surface area contributed by atoms with Gasteiger partial charge in [-0.05, 0) is 73.8 Å². The number of piperidine rings is 1. The second kappa shape index (κ2) is 7.97. The lowest BCUT2D eigenvalue weighted by molar-refractivity contribution is 0.102. The molecule has 2 heterocycles. The molecule has 1 N–H and O–H groups in total. The van der Waals surface area contributed by atoms with Crippen molar-refractivity contribution in [2.24, 2.45) is 5.92 Å². The fourth-order valence-electron chi connectivity index (χ4n) is 3.37. The molecule has 0 unspecified atom stereocenters. The number of anilines is 1. The number of carbonyl (C=O) groups excluding carboxylic acids is 1. The third-order valence-corrected chi connectivity index (χ3v) is 6.25. The van der Waals surface area contributed by atoms with Crippen LogP contribution in [0.25, 0.3) is 10.2 Å². The predicted molar refractivity (Wildman–Crippen MR) is 113 cm³/mol. The number of amides is 1. The van der Waals surface area contributed by atoms with E-state index in [0.717, 1.165) is 22.7 Å². The van der Waals surface area contributed by atoms with Crippen LogP contribution >= 0.6 is 22.9 Å². The zero-order valence-electron chi connectivity index (χ0n) is 15.2. The van der Waals surface area contributed by atoms with Crippen LogP contribution in [-0.2, 0) is 6.54 Å². The molecule has 1 aliphatic rings. The van der Waals surface area contributed by atoms with Crippen molar-refractivity contribution in [2.45, 2.75) is 26.3 Å². The van der Waals surface area contributed by atoms with Crippen molar-refractivity contribution in [1.29, 1.82) is 0 Å². The van der Waals surface area contributed by atoms with Gasteiger partial charge in [-0.2, -0.15) is 0 Å². The third-order valence-electron chi connectivity index (χ3n) is 5.06. The molecule has 140 valence electrons. The van der Waals surface area contributed by atoms with Gasteiger partial charge < -0.3 is 0 Å². The molecule has 6 heteroatoms. The Balaban J connectivity index is 1.45. The number of fused-ring (bicyclic) bond motifs is 1. The van der Waals surface area contributed by atoms with Crippen molar-refractivity contribution >= 4 is 44.2 Å². The topological polar surface area (TPSA) is 45.2 Å². The van der Waals surface area contributed by atoms with E-state index < -0.39 is 0 Å². The van der Waals surface area contributed by atoms with Gasteiger partial charge in [-0.15, -0.1) is 0 Å². The first kappa shape index (κ1) is 18.4. The van der Waals surface area contributed by atoms with E-state index in [1.807, 2.05) is 6.07 Å². The van der Waals surface area contributed by atoms with Crippen molar-refractivity contribution < 1.29 is 4.79 Å². The summed E-state index contributed by atoms with van der Waals surface area (Å²) in [4.78, 5) is 19.4. The highest BCUT2D eigenvalue weighted by molar-refractivity contribution is 7.22. The van der Waals surface area contributed by atoms with Crippen LogP contribution in [0.5, 0.6) is 0 Å². The van der Waals surface area contributed by atoms with Crippen molar-refractivity contribution in [1.82, 2.24) is 9.88 Å². The minimum atomic E-state index is -0.173. The van der Waals surface area contributed by atoms with E-state index in [4.69, 9.17) is 11.6 Å². The summed E-state index contributed by atoms with van der Waals surface area (Å²) >= 11 is 7.39. The Morgan fingerprint density at radius 3 is 2.70 bits per heavy atom. The summed E-state index contributed by atoms with van der Waals surface area (Å²) in [6, 6.07) is 13.2. The zero-order chi connectivity index (χ0) is 18.8. The van der Waals surface area contributed by atoms with E-state index in [1.54, 1.807) is 24.3 Å². The summed E-state index contributed by atoms with van der Waals surface area (Å²) in [6.07, 6.45) is 2.56. The number of hydrogen-bond acceptors (Lipinski definition) is 4. The first-order valence-corrected chi connectivity index (χ1v) is 10.4. The Labute approximate surface area is 168 Å². The van der Waals surface area contributed by atoms with Crippen LogP contribution in [0.4, 0.5) is 5.13 Å².